The maximum atomic E-state index is 12.6. The van der Waals surface area contributed by atoms with Crippen LogP contribution in [-0.4, -0.2) is 40.3 Å². The molecule has 0 atom stereocenters. The molecule has 27 heavy (non-hydrogen) atoms. The van der Waals surface area contributed by atoms with Gasteiger partial charge in [-0.15, -0.1) is 24.0 Å². The van der Waals surface area contributed by atoms with E-state index in [9.17, 15) is 8.42 Å². The third-order valence-corrected chi connectivity index (χ3v) is 5.93. The average molecular weight is 502 g/mol. The molecule has 2 aromatic rings. The fraction of sp³-hybridized carbons (Fsp3) is 0.278. The maximum absolute atomic E-state index is 12.6. The molecular weight excluding hydrogens is 479 g/mol. The van der Waals surface area contributed by atoms with Gasteiger partial charge >= 0.3 is 0 Å². The van der Waals surface area contributed by atoms with Gasteiger partial charge in [0.05, 0.1) is 30.8 Å². The van der Waals surface area contributed by atoms with E-state index in [1.165, 1.54) is 4.31 Å². The van der Waals surface area contributed by atoms with Crippen molar-refractivity contribution in [3.05, 3.63) is 54.1 Å². The molecule has 1 aliphatic rings. The molecule has 1 aliphatic heterocycles. The second-order valence-electron chi connectivity index (χ2n) is 5.86. The van der Waals surface area contributed by atoms with Gasteiger partial charge < -0.3 is 15.8 Å². The normalized spacial score (nSPS) is 13.7. The molecule has 0 unspecified atom stereocenters. The van der Waals surface area contributed by atoms with E-state index in [-0.39, 0.29) is 42.2 Å². The van der Waals surface area contributed by atoms with E-state index < -0.39 is 10.0 Å². The molecule has 3 N–H and O–H groups in total. The summed E-state index contributed by atoms with van der Waals surface area (Å²) >= 11 is 0. The van der Waals surface area contributed by atoms with Crippen molar-refractivity contribution in [3.63, 3.8) is 0 Å². The van der Waals surface area contributed by atoms with Gasteiger partial charge in [0.25, 0.3) is 0 Å². The van der Waals surface area contributed by atoms with Crippen molar-refractivity contribution in [2.45, 2.75) is 6.42 Å². The molecule has 1 heterocycles. The second kappa shape index (κ2) is 9.27. The SMILES string of the molecule is COc1ccccc1NC(N)=NCCS(=O)(=O)N1CCc2ccccc21.I. The number of para-hydroxylation sites is 3. The molecule has 0 bridgehead atoms. The van der Waals surface area contributed by atoms with Gasteiger partial charge in [-0.2, -0.15) is 0 Å². The molecule has 146 valence electrons. The molecule has 7 nitrogen and oxygen atoms in total. The van der Waals surface area contributed by atoms with Crippen LogP contribution in [0.15, 0.2) is 53.5 Å². The van der Waals surface area contributed by atoms with Crippen LogP contribution >= 0.6 is 24.0 Å². The summed E-state index contributed by atoms with van der Waals surface area (Å²) in [6.07, 6.45) is 0.732. The Kier molecular flexibility index (Phi) is 7.31. The van der Waals surface area contributed by atoms with Gasteiger partial charge in [-0.25, -0.2) is 8.42 Å². The highest BCUT2D eigenvalue weighted by molar-refractivity contribution is 14.0. The zero-order valence-electron chi connectivity index (χ0n) is 15.0. The number of methoxy groups -OCH3 is 1. The average Bonchev–Trinajstić information content (AvgIpc) is 3.07. The number of halogens is 1. The van der Waals surface area contributed by atoms with Crippen LogP contribution in [0.25, 0.3) is 0 Å². The number of ether oxygens (including phenoxy) is 1. The van der Waals surface area contributed by atoms with Crippen molar-refractivity contribution in [1.29, 1.82) is 0 Å². The van der Waals surface area contributed by atoms with Crippen molar-refractivity contribution < 1.29 is 13.2 Å². The number of fused-ring (bicyclic) bond motifs is 1. The highest BCUT2D eigenvalue weighted by atomic mass is 127. The lowest BCUT2D eigenvalue weighted by Crippen LogP contribution is -2.33. The van der Waals surface area contributed by atoms with Crippen LogP contribution in [0, 0.1) is 0 Å². The first-order valence-electron chi connectivity index (χ1n) is 8.29. The molecule has 0 saturated heterocycles. The number of hydrogen-bond acceptors (Lipinski definition) is 4. The molecule has 9 heteroatoms. The fourth-order valence-corrected chi connectivity index (χ4v) is 4.30. The first-order chi connectivity index (χ1) is 12.5. The molecule has 0 aliphatic carbocycles. The minimum Gasteiger partial charge on any atom is -0.495 e. The van der Waals surface area contributed by atoms with E-state index in [2.05, 4.69) is 10.3 Å². The Bertz CT molecular complexity index is 918. The summed E-state index contributed by atoms with van der Waals surface area (Å²) < 4.78 is 31.9. The smallest absolute Gasteiger partial charge is 0.237 e. The molecule has 0 fully saturated rings. The molecule has 0 aromatic heterocycles. The molecule has 0 amide bonds. The molecule has 0 radical (unpaired) electrons. The summed E-state index contributed by atoms with van der Waals surface area (Å²) in [6.45, 7) is 0.551. The summed E-state index contributed by atoms with van der Waals surface area (Å²) in [5, 5.41) is 2.93. The monoisotopic (exact) mass is 502 g/mol. The molecule has 0 spiro atoms. The Morgan fingerprint density at radius 2 is 1.93 bits per heavy atom. The summed E-state index contributed by atoms with van der Waals surface area (Å²) in [7, 11) is -1.87. The summed E-state index contributed by atoms with van der Waals surface area (Å²) in [5.74, 6) is 0.675. The van der Waals surface area contributed by atoms with E-state index in [1.807, 2.05) is 36.4 Å². The van der Waals surface area contributed by atoms with Crippen LogP contribution in [0.3, 0.4) is 0 Å². The molecule has 3 rings (SSSR count). The summed E-state index contributed by atoms with van der Waals surface area (Å²) in [6, 6.07) is 14.8. The van der Waals surface area contributed by atoms with E-state index in [0.29, 0.717) is 18.0 Å². The van der Waals surface area contributed by atoms with Crippen molar-refractivity contribution in [1.82, 2.24) is 0 Å². The van der Waals surface area contributed by atoms with Crippen molar-refractivity contribution >= 4 is 51.3 Å². The topological polar surface area (TPSA) is 97.0 Å². The Morgan fingerprint density at radius 3 is 2.70 bits per heavy atom. The fourth-order valence-electron chi connectivity index (χ4n) is 2.91. The zero-order chi connectivity index (χ0) is 18.6. The minimum atomic E-state index is -3.44. The van der Waals surface area contributed by atoms with Gasteiger partial charge in [0.15, 0.2) is 5.96 Å². The quantitative estimate of drug-likeness (QED) is 0.360. The number of sulfonamides is 1. The summed E-state index contributed by atoms with van der Waals surface area (Å²) in [5.41, 5.74) is 8.35. The van der Waals surface area contributed by atoms with E-state index in [0.717, 1.165) is 17.7 Å². The first-order valence-corrected chi connectivity index (χ1v) is 9.90. The number of aliphatic imine (C=N–C) groups is 1. The maximum Gasteiger partial charge on any atom is 0.237 e. The van der Waals surface area contributed by atoms with Gasteiger partial charge in [-0.1, -0.05) is 30.3 Å². The van der Waals surface area contributed by atoms with E-state index >= 15 is 0 Å². The lowest BCUT2D eigenvalue weighted by atomic mass is 10.2. The largest absolute Gasteiger partial charge is 0.495 e. The van der Waals surface area contributed by atoms with Gasteiger partial charge in [-0.3, -0.25) is 9.30 Å². The Hall–Kier alpha value is -2.01. The van der Waals surface area contributed by atoms with Crippen LogP contribution in [0.1, 0.15) is 5.56 Å². The van der Waals surface area contributed by atoms with Gasteiger partial charge in [-0.05, 0) is 30.2 Å². The molecular formula is C18H23IN4O3S. The summed E-state index contributed by atoms with van der Waals surface area (Å²) in [4.78, 5) is 4.13. The van der Waals surface area contributed by atoms with Gasteiger partial charge in [0.2, 0.25) is 10.0 Å². The van der Waals surface area contributed by atoms with Crippen molar-refractivity contribution in [3.8, 4) is 5.75 Å². The highest BCUT2D eigenvalue weighted by Gasteiger charge is 2.28. The van der Waals surface area contributed by atoms with Crippen LogP contribution in [0.4, 0.5) is 11.4 Å². The molecule has 2 aromatic carbocycles. The number of guanidine groups is 1. The van der Waals surface area contributed by atoms with Crippen molar-refractivity contribution in [2.24, 2.45) is 10.7 Å². The number of benzene rings is 2. The number of nitrogens with one attached hydrogen (secondary N) is 1. The minimum absolute atomic E-state index is 0. The predicted molar refractivity (Wildman–Crippen MR) is 120 cm³/mol. The number of nitrogens with two attached hydrogens (primary N) is 1. The third kappa shape index (κ3) is 5.04. The first kappa shape index (κ1) is 21.3. The predicted octanol–water partition coefficient (Wildman–Crippen LogP) is 2.43. The number of nitrogens with zero attached hydrogens (tertiary/aromatic N) is 2. The standard InChI is InChI=1S/C18H22N4O3S.HI/c1-25-17-9-5-3-7-15(17)21-18(19)20-11-13-26(23,24)22-12-10-14-6-2-4-8-16(14)22;/h2-9H,10-13H2,1H3,(H3,19,20,21);1H. The lowest BCUT2D eigenvalue weighted by Gasteiger charge is -2.19. The highest BCUT2D eigenvalue weighted by Crippen LogP contribution is 2.30. The van der Waals surface area contributed by atoms with Gasteiger partial charge in [0, 0.05) is 6.54 Å². The van der Waals surface area contributed by atoms with E-state index in [4.69, 9.17) is 10.5 Å². The lowest BCUT2D eigenvalue weighted by molar-refractivity contribution is 0.417. The number of anilines is 2. The van der Waals surface area contributed by atoms with Crippen LogP contribution in [-0.2, 0) is 16.4 Å². The van der Waals surface area contributed by atoms with Crippen LogP contribution < -0.4 is 20.1 Å². The van der Waals surface area contributed by atoms with Crippen LogP contribution in [0.2, 0.25) is 0 Å². The third-order valence-electron chi connectivity index (χ3n) is 4.18. The Balaban J connectivity index is 0.00000261. The molecule has 0 saturated carbocycles. The Morgan fingerprint density at radius 1 is 1.22 bits per heavy atom. The van der Waals surface area contributed by atoms with Crippen LogP contribution in [0.5, 0.6) is 5.75 Å². The second-order valence-corrected chi connectivity index (χ2v) is 7.87. The number of rotatable bonds is 6. The zero-order valence-corrected chi connectivity index (χ0v) is 18.1. The van der Waals surface area contributed by atoms with Crippen molar-refractivity contribution in [2.75, 3.05) is 35.6 Å². The Labute approximate surface area is 176 Å². The number of hydrogen-bond donors (Lipinski definition) is 2. The van der Waals surface area contributed by atoms with Gasteiger partial charge in [0.1, 0.15) is 5.75 Å². The van der Waals surface area contributed by atoms with E-state index in [1.54, 1.807) is 19.2 Å².